The number of likely N-dealkylation sites (N-methyl/N-ethyl adjacent to an activating group) is 1. The normalized spacial score (nSPS) is 11.3. The molecule has 1 aromatic heterocycles. The summed E-state index contributed by atoms with van der Waals surface area (Å²) < 4.78 is 5.56. The van der Waals surface area contributed by atoms with Gasteiger partial charge in [-0.3, -0.25) is 9.69 Å². The maximum Gasteiger partial charge on any atom is 0.211 e. The van der Waals surface area contributed by atoms with Crippen molar-refractivity contribution in [3.63, 3.8) is 0 Å². The first-order valence-corrected chi connectivity index (χ1v) is 6.41. The highest BCUT2D eigenvalue weighted by Gasteiger charge is 2.13. The number of hydrogen-bond donors (Lipinski definition) is 0. The average molecular weight is 245 g/mol. The third-order valence-electron chi connectivity index (χ3n) is 3.01. The SMILES string of the molecule is CCCCN(C)CC(=O)c1cc2ccccc2o1. The number of carbonyl (C=O) groups is 1. The fourth-order valence-corrected chi connectivity index (χ4v) is 1.95. The van der Waals surface area contributed by atoms with Crippen molar-refractivity contribution in [2.75, 3.05) is 20.1 Å². The Balaban J connectivity index is 2.04. The Morgan fingerprint density at radius 2 is 2.11 bits per heavy atom. The van der Waals surface area contributed by atoms with Gasteiger partial charge < -0.3 is 4.42 Å². The Morgan fingerprint density at radius 1 is 1.33 bits per heavy atom. The molecule has 0 aliphatic heterocycles. The van der Waals surface area contributed by atoms with Crippen molar-refractivity contribution >= 4 is 16.8 Å². The van der Waals surface area contributed by atoms with Crippen LogP contribution in [-0.2, 0) is 0 Å². The zero-order valence-corrected chi connectivity index (χ0v) is 11.0. The molecule has 0 amide bonds. The molecule has 3 nitrogen and oxygen atoms in total. The van der Waals surface area contributed by atoms with Gasteiger partial charge in [0.05, 0.1) is 6.54 Å². The van der Waals surface area contributed by atoms with Crippen LogP contribution >= 0.6 is 0 Å². The average Bonchev–Trinajstić information content (AvgIpc) is 2.80. The largest absolute Gasteiger partial charge is 0.453 e. The van der Waals surface area contributed by atoms with E-state index in [2.05, 4.69) is 6.92 Å². The third-order valence-corrected chi connectivity index (χ3v) is 3.01. The van der Waals surface area contributed by atoms with Crippen LogP contribution in [0.25, 0.3) is 11.0 Å². The molecule has 0 saturated heterocycles. The van der Waals surface area contributed by atoms with Gasteiger partial charge in [-0.1, -0.05) is 31.5 Å². The van der Waals surface area contributed by atoms with Gasteiger partial charge in [-0.25, -0.2) is 0 Å². The lowest BCUT2D eigenvalue weighted by atomic mass is 10.2. The molecule has 0 aliphatic rings. The van der Waals surface area contributed by atoms with E-state index in [9.17, 15) is 4.79 Å². The number of hydrogen-bond acceptors (Lipinski definition) is 3. The molecule has 96 valence electrons. The van der Waals surface area contributed by atoms with E-state index in [1.165, 1.54) is 0 Å². The number of fused-ring (bicyclic) bond motifs is 1. The van der Waals surface area contributed by atoms with Crippen molar-refractivity contribution in [2.24, 2.45) is 0 Å². The fourth-order valence-electron chi connectivity index (χ4n) is 1.95. The molecule has 2 aromatic rings. The Labute approximate surface area is 107 Å². The standard InChI is InChI=1S/C15H19NO2/c1-3-4-9-16(2)11-13(17)15-10-12-7-5-6-8-14(12)18-15/h5-8,10H,3-4,9,11H2,1-2H3. The Kier molecular flexibility index (Phi) is 4.15. The van der Waals surface area contributed by atoms with Crippen molar-refractivity contribution in [3.8, 4) is 0 Å². The molecule has 18 heavy (non-hydrogen) atoms. The maximum absolute atomic E-state index is 12.1. The maximum atomic E-state index is 12.1. The highest BCUT2D eigenvalue weighted by molar-refractivity contribution is 5.98. The molecule has 1 heterocycles. The summed E-state index contributed by atoms with van der Waals surface area (Å²) >= 11 is 0. The second-order valence-electron chi connectivity index (χ2n) is 4.66. The lowest BCUT2D eigenvalue weighted by Gasteiger charge is -2.13. The number of benzene rings is 1. The number of carbonyl (C=O) groups excluding carboxylic acids is 1. The van der Waals surface area contributed by atoms with E-state index < -0.39 is 0 Å². The van der Waals surface area contributed by atoms with Crippen molar-refractivity contribution in [1.29, 1.82) is 0 Å². The fraction of sp³-hybridized carbons (Fsp3) is 0.400. The quantitative estimate of drug-likeness (QED) is 0.732. The Morgan fingerprint density at radius 3 is 2.83 bits per heavy atom. The minimum absolute atomic E-state index is 0.0461. The Bertz CT molecular complexity index is 497. The molecule has 0 fully saturated rings. The van der Waals surface area contributed by atoms with E-state index in [4.69, 9.17) is 4.42 Å². The highest BCUT2D eigenvalue weighted by Crippen LogP contribution is 2.19. The van der Waals surface area contributed by atoms with E-state index in [-0.39, 0.29) is 5.78 Å². The van der Waals surface area contributed by atoms with Crippen LogP contribution in [0.5, 0.6) is 0 Å². The summed E-state index contributed by atoms with van der Waals surface area (Å²) in [6, 6.07) is 9.52. The van der Waals surface area contributed by atoms with E-state index in [0.717, 1.165) is 30.4 Å². The van der Waals surface area contributed by atoms with Crippen LogP contribution in [-0.4, -0.2) is 30.8 Å². The van der Waals surface area contributed by atoms with Gasteiger partial charge in [0.1, 0.15) is 5.58 Å². The van der Waals surface area contributed by atoms with Crippen LogP contribution in [0.3, 0.4) is 0 Å². The van der Waals surface area contributed by atoms with Crippen LogP contribution in [0.1, 0.15) is 30.3 Å². The first kappa shape index (κ1) is 12.8. The summed E-state index contributed by atoms with van der Waals surface area (Å²) in [4.78, 5) is 14.1. The minimum atomic E-state index is 0.0461. The summed E-state index contributed by atoms with van der Waals surface area (Å²) in [6.45, 7) is 3.51. The van der Waals surface area contributed by atoms with Crippen molar-refractivity contribution in [1.82, 2.24) is 4.90 Å². The number of ketones is 1. The molecule has 0 aliphatic carbocycles. The molecular formula is C15H19NO2. The summed E-state index contributed by atoms with van der Waals surface area (Å²) in [7, 11) is 1.97. The van der Waals surface area contributed by atoms with E-state index >= 15 is 0 Å². The van der Waals surface area contributed by atoms with Crippen LogP contribution in [0.4, 0.5) is 0 Å². The lowest BCUT2D eigenvalue weighted by Crippen LogP contribution is -2.26. The van der Waals surface area contributed by atoms with Crippen LogP contribution in [0, 0.1) is 0 Å². The molecular weight excluding hydrogens is 226 g/mol. The summed E-state index contributed by atoms with van der Waals surface area (Å²) in [5.41, 5.74) is 0.775. The highest BCUT2D eigenvalue weighted by atomic mass is 16.3. The number of Topliss-reactive ketones (excluding diaryl/α,β-unsaturated/α-hetero) is 1. The first-order chi connectivity index (χ1) is 8.70. The Hall–Kier alpha value is -1.61. The van der Waals surface area contributed by atoms with Gasteiger partial charge >= 0.3 is 0 Å². The predicted octanol–water partition coefficient (Wildman–Crippen LogP) is 3.35. The third kappa shape index (κ3) is 2.99. The smallest absolute Gasteiger partial charge is 0.211 e. The minimum Gasteiger partial charge on any atom is -0.453 e. The summed E-state index contributed by atoms with van der Waals surface area (Å²) in [5.74, 6) is 0.504. The van der Waals surface area contributed by atoms with Gasteiger partial charge in [-0.05, 0) is 32.1 Å². The topological polar surface area (TPSA) is 33.5 Å². The molecule has 0 atom stereocenters. The molecule has 3 heteroatoms. The molecule has 0 N–H and O–H groups in total. The summed E-state index contributed by atoms with van der Waals surface area (Å²) in [6.07, 6.45) is 2.26. The van der Waals surface area contributed by atoms with Crippen LogP contribution in [0.15, 0.2) is 34.7 Å². The molecule has 0 saturated carbocycles. The van der Waals surface area contributed by atoms with Gasteiger partial charge in [-0.15, -0.1) is 0 Å². The lowest BCUT2D eigenvalue weighted by molar-refractivity contribution is 0.0920. The summed E-state index contributed by atoms with van der Waals surface area (Å²) in [5, 5.41) is 0.983. The van der Waals surface area contributed by atoms with Gasteiger partial charge in [-0.2, -0.15) is 0 Å². The number of nitrogens with zero attached hydrogens (tertiary/aromatic N) is 1. The number of furan rings is 1. The second kappa shape index (κ2) is 5.83. The van der Waals surface area contributed by atoms with Gasteiger partial charge in [0.2, 0.25) is 5.78 Å². The number of unbranched alkanes of at least 4 members (excludes halogenated alkanes) is 1. The molecule has 0 radical (unpaired) electrons. The molecule has 0 bridgehead atoms. The van der Waals surface area contributed by atoms with Gasteiger partial charge in [0, 0.05) is 5.39 Å². The van der Waals surface area contributed by atoms with Crippen molar-refractivity contribution in [2.45, 2.75) is 19.8 Å². The molecule has 1 aromatic carbocycles. The van der Waals surface area contributed by atoms with Crippen LogP contribution < -0.4 is 0 Å². The molecule has 0 unspecified atom stereocenters. The van der Waals surface area contributed by atoms with E-state index in [0.29, 0.717) is 12.3 Å². The molecule has 0 spiro atoms. The molecule has 2 rings (SSSR count). The van der Waals surface area contributed by atoms with E-state index in [1.54, 1.807) is 0 Å². The van der Waals surface area contributed by atoms with Gasteiger partial charge in [0.25, 0.3) is 0 Å². The van der Waals surface area contributed by atoms with Crippen molar-refractivity contribution in [3.05, 3.63) is 36.1 Å². The number of para-hydroxylation sites is 1. The zero-order chi connectivity index (χ0) is 13.0. The predicted molar refractivity (Wildman–Crippen MR) is 72.9 cm³/mol. The number of rotatable bonds is 6. The second-order valence-corrected chi connectivity index (χ2v) is 4.66. The zero-order valence-electron chi connectivity index (χ0n) is 11.0. The van der Waals surface area contributed by atoms with E-state index in [1.807, 2.05) is 42.3 Å². The van der Waals surface area contributed by atoms with Gasteiger partial charge in [0.15, 0.2) is 5.76 Å². The van der Waals surface area contributed by atoms with Crippen molar-refractivity contribution < 1.29 is 9.21 Å². The van der Waals surface area contributed by atoms with Crippen LogP contribution in [0.2, 0.25) is 0 Å². The first-order valence-electron chi connectivity index (χ1n) is 6.41. The monoisotopic (exact) mass is 245 g/mol.